The molecule has 0 spiro atoms. The molecule has 1 aliphatic heterocycles. The molecule has 1 aliphatic rings. The largest absolute Gasteiger partial charge is 0.326 e. The topological polar surface area (TPSA) is 74.7 Å². The maximum absolute atomic E-state index is 12.5. The van der Waals surface area contributed by atoms with Crippen LogP contribution in [0.3, 0.4) is 0 Å². The first kappa shape index (κ1) is 16.7. The zero-order chi connectivity index (χ0) is 16.9. The van der Waals surface area contributed by atoms with E-state index < -0.39 is 5.25 Å². The van der Waals surface area contributed by atoms with Crippen LogP contribution < -0.4 is 5.32 Å². The van der Waals surface area contributed by atoms with Crippen molar-refractivity contribution >= 4 is 50.9 Å². The summed E-state index contributed by atoms with van der Waals surface area (Å²) in [7, 11) is 0. The molecule has 2 heterocycles. The number of carbonyl (C=O) groups is 2. The van der Waals surface area contributed by atoms with E-state index in [1.54, 1.807) is 11.1 Å². The SMILES string of the molecule is CCN1C(=O)C(CC(=O)Nc2ccccc2)S/C1=N/c1nccs1. The summed E-state index contributed by atoms with van der Waals surface area (Å²) in [6.07, 6.45) is 1.79. The number of thiazole rings is 1. The van der Waals surface area contributed by atoms with E-state index in [4.69, 9.17) is 0 Å². The van der Waals surface area contributed by atoms with Gasteiger partial charge in [-0.15, -0.1) is 11.3 Å². The van der Waals surface area contributed by atoms with Gasteiger partial charge in [0.15, 0.2) is 5.17 Å². The molecule has 2 aromatic rings. The Morgan fingerprint density at radius 2 is 2.17 bits per heavy atom. The van der Waals surface area contributed by atoms with Gasteiger partial charge in [0.05, 0.1) is 0 Å². The summed E-state index contributed by atoms with van der Waals surface area (Å²) < 4.78 is 0. The Balaban J connectivity index is 1.68. The molecule has 24 heavy (non-hydrogen) atoms. The Hall–Kier alpha value is -2.19. The highest BCUT2D eigenvalue weighted by molar-refractivity contribution is 8.15. The third-order valence-electron chi connectivity index (χ3n) is 3.38. The van der Waals surface area contributed by atoms with Crippen LogP contribution in [0.25, 0.3) is 0 Å². The highest BCUT2D eigenvalue weighted by Crippen LogP contribution is 2.32. The molecule has 124 valence electrons. The molecule has 1 saturated heterocycles. The second-order valence-electron chi connectivity index (χ2n) is 5.02. The van der Waals surface area contributed by atoms with Crippen molar-refractivity contribution in [2.45, 2.75) is 18.6 Å². The normalized spacial score (nSPS) is 19.0. The van der Waals surface area contributed by atoms with Crippen molar-refractivity contribution in [3.63, 3.8) is 0 Å². The zero-order valence-electron chi connectivity index (χ0n) is 13.0. The Labute approximate surface area is 148 Å². The first-order valence-corrected chi connectivity index (χ1v) is 9.24. The van der Waals surface area contributed by atoms with Crippen LogP contribution in [0, 0.1) is 0 Å². The zero-order valence-corrected chi connectivity index (χ0v) is 14.6. The first-order chi connectivity index (χ1) is 11.7. The van der Waals surface area contributed by atoms with E-state index in [2.05, 4.69) is 15.3 Å². The minimum absolute atomic E-state index is 0.0824. The molecule has 8 heteroatoms. The number of carbonyl (C=O) groups excluding carboxylic acids is 2. The second-order valence-corrected chi connectivity index (χ2v) is 7.06. The van der Waals surface area contributed by atoms with Gasteiger partial charge in [-0.3, -0.25) is 14.5 Å². The predicted octanol–water partition coefficient (Wildman–Crippen LogP) is 3.12. The fourth-order valence-electron chi connectivity index (χ4n) is 2.27. The molecule has 1 N–H and O–H groups in total. The van der Waals surface area contributed by atoms with Crippen LogP contribution in [0.2, 0.25) is 0 Å². The van der Waals surface area contributed by atoms with Gasteiger partial charge in [-0.05, 0) is 19.1 Å². The van der Waals surface area contributed by atoms with Gasteiger partial charge in [0.1, 0.15) is 5.25 Å². The molecular formula is C16H16N4O2S2. The van der Waals surface area contributed by atoms with Crippen LogP contribution in [0.1, 0.15) is 13.3 Å². The lowest BCUT2D eigenvalue weighted by Crippen LogP contribution is -2.33. The lowest BCUT2D eigenvalue weighted by molar-refractivity contribution is -0.128. The molecule has 0 radical (unpaired) electrons. The number of aliphatic imine (C=N–C) groups is 1. The van der Waals surface area contributed by atoms with Crippen LogP contribution in [0.15, 0.2) is 46.9 Å². The Kier molecular flexibility index (Phi) is 5.27. The molecule has 1 atom stereocenters. The van der Waals surface area contributed by atoms with Crippen LogP contribution in [0.5, 0.6) is 0 Å². The predicted molar refractivity (Wildman–Crippen MR) is 97.7 cm³/mol. The van der Waals surface area contributed by atoms with E-state index in [9.17, 15) is 9.59 Å². The summed E-state index contributed by atoms with van der Waals surface area (Å²) in [5, 5.41) is 5.41. The number of rotatable bonds is 5. The number of para-hydroxylation sites is 1. The molecule has 3 rings (SSSR count). The number of aromatic nitrogens is 1. The average molecular weight is 360 g/mol. The molecule has 2 amide bonds. The van der Waals surface area contributed by atoms with Crippen LogP contribution in [-0.2, 0) is 9.59 Å². The van der Waals surface area contributed by atoms with E-state index in [-0.39, 0.29) is 18.2 Å². The molecule has 0 saturated carbocycles. The van der Waals surface area contributed by atoms with Crippen molar-refractivity contribution in [2.75, 3.05) is 11.9 Å². The number of nitrogens with zero attached hydrogens (tertiary/aromatic N) is 3. The van der Waals surface area contributed by atoms with Crippen molar-refractivity contribution in [1.82, 2.24) is 9.88 Å². The van der Waals surface area contributed by atoms with Crippen LogP contribution in [-0.4, -0.2) is 38.7 Å². The van der Waals surface area contributed by atoms with Gasteiger partial charge >= 0.3 is 0 Å². The first-order valence-electron chi connectivity index (χ1n) is 7.48. The quantitative estimate of drug-likeness (QED) is 0.889. The number of benzene rings is 1. The fourth-order valence-corrected chi connectivity index (χ4v) is 4.04. The summed E-state index contributed by atoms with van der Waals surface area (Å²) >= 11 is 2.73. The van der Waals surface area contributed by atoms with E-state index in [1.165, 1.54) is 23.1 Å². The number of hydrogen-bond donors (Lipinski definition) is 1. The molecular weight excluding hydrogens is 344 g/mol. The standard InChI is InChI=1S/C16H16N4O2S2/c1-2-20-14(22)12(24-16(20)19-15-17-8-9-23-15)10-13(21)18-11-6-4-3-5-7-11/h3-9,12H,2,10H2,1H3,(H,18,21)/b19-16+. The summed E-state index contributed by atoms with van der Waals surface area (Å²) in [5.74, 6) is -0.264. The monoisotopic (exact) mass is 360 g/mol. The number of nitrogens with one attached hydrogen (secondary N) is 1. The highest BCUT2D eigenvalue weighted by Gasteiger charge is 2.38. The van der Waals surface area contributed by atoms with Gasteiger partial charge in [-0.2, -0.15) is 4.99 Å². The molecule has 0 aliphatic carbocycles. The summed E-state index contributed by atoms with van der Waals surface area (Å²) in [6, 6.07) is 9.21. The maximum atomic E-state index is 12.5. The van der Waals surface area contributed by atoms with Crippen LogP contribution >= 0.6 is 23.1 Å². The molecule has 1 unspecified atom stereocenters. The molecule has 1 aromatic carbocycles. The van der Waals surface area contributed by atoms with E-state index in [1.807, 2.05) is 42.6 Å². The van der Waals surface area contributed by atoms with Gasteiger partial charge in [0.25, 0.3) is 0 Å². The third-order valence-corrected chi connectivity index (χ3v) is 5.22. The van der Waals surface area contributed by atoms with E-state index in [0.717, 1.165) is 5.69 Å². The minimum atomic E-state index is -0.452. The van der Waals surface area contributed by atoms with Crippen molar-refractivity contribution in [3.8, 4) is 0 Å². The van der Waals surface area contributed by atoms with Crippen molar-refractivity contribution < 1.29 is 9.59 Å². The van der Waals surface area contributed by atoms with Crippen molar-refractivity contribution in [1.29, 1.82) is 0 Å². The van der Waals surface area contributed by atoms with Crippen molar-refractivity contribution in [3.05, 3.63) is 41.9 Å². The minimum Gasteiger partial charge on any atom is -0.326 e. The highest BCUT2D eigenvalue weighted by atomic mass is 32.2. The van der Waals surface area contributed by atoms with Gasteiger partial charge < -0.3 is 5.32 Å². The Morgan fingerprint density at radius 3 is 2.83 bits per heavy atom. The van der Waals surface area contributed by atoms with E-state index >= 15 is 0 Å². The fraction of sp³-hybridized carbons (Fsp3) is 0.250. The third kappa shape index (κ3) is 3.82. The van der Waals surface area contributed by atoms with Crippen molar-refractivity contribution in [2.24, 2.45) is 4.99 Å². The summed E-state index contributed by atoms with van der Waals surface area (Å²) in [4.78, 5) is 34.8. The number of amidine groups is 1. The lowest BCUT2D eigenvalue weighted by atomic mass is 10.2. The number of anilines is 1. The van der Waals surface area contributed by atoms with E-state index in [0.29, 0.717) is 16.8 Å². The van der Waals surface area contributed by atoms with Gasteiger partial charge in [-0.1, -0.05) is 30.0 Å². The Morgan fingerprint density at radius 1 is 1.38 bits per heavy atom. The molecule has 0 bridgehead atoms. The number of amides is 2. The second kappa shape index (κ2) is 7.59. The van der Waals surface area contributed by atoms with Gasteiger partial charge in [0, 0.05) is 30.2 Å². The lowest BCUT2D eigenvalue weighted by Gasteiger charge is -2.12. The number of thioether (sulfide) groups is 1. The molecule has 6 nitrogen and oxygen atoms in total. The maximum Gasteiger partial charge on any atom is 0.242 e. The van der Waals surface area contributed by atoms with Gasteiger partial charge in [0.2, 0.25) is 16.9 Å². The Bertz CT molecular complexity index is 747. The van der Waals surface area contributed by atoms with Gasteiger partial charge in [-0.25, -0.2) is 4.98 Å². The summed E-state index contributed by atoms with van der Waals surface area (Å²) in [5.41, 5.74) is 0.724. The number of hydrogen-bond acceptors (Lipinski definition) is 6. The molecule has 1 aromatic heterocycles. The molecule has 1 fully saturated rings. The smallest absolute Gasteiger partial charge is 0.242 e. The average Bonchev–Trinajstić information content (AvgIpc) is 3.17. The van der Waals surface area contributed by atoms with Crippen LogP contribution in [0.4, 0.5) is 10.8 Å². The summed E-state index contributed by atoms with van der Waals surface area (Å²) in [6.45, 7) is 2.41.